The molecule has 1 fully saturated rings. The first-order chi connectivity index (χ1) is 18.4. The fourth-order valence-electron chi connectivity index (χ4n) is 4.90. The van der Waals surface area contributed by atoms with E-state index >= 15 is 0 Å². The number of piperazine rings is 1. The molecule has 198 valence electrons. The maximum absolute atomic E-state index is 14.3. The van der Waals surface area contributed by atoms with Gasteiger partial charge in [-0.05, 0) is 31.5 Å². The second-order valence-electron chi connectivity index (χ2n) is 9.65. The Hall–Kier alpha value is -4.34. The van der Waals surface area contributed by atoms with Gasteiger partial charge in [-0.2, -0.15) is 5.10 Å². The lowest BCUT2D eigenvalue weighted by Crippen LogP contribution is -2.55. The number of nitrogens with one attached hydrogen (secondary N) is 1. The Balaban J connectivity index is 1.69. The smallest absolute Gasteiger partial charge is 0.326 e. The van der Waals surface area contributed by atoms with Gasteiger partial charge in [0.15, 0.2) is 0 Å². The van der Waals surface area contributed by atoms with Gasteiger partial charge in [-0.15, -0.1) is 0 Å². The molecule has 1 saturated heterocycles. The molecular formula is C28H32N6O4. The standard InChI is InChI=1S/C28H32N6O4/c1-18(2)38-23-14-21(37-4)10-11-22(23)27-31-25(19-8-6-5-7-9-19)26(20-15-30-32(3)16-20)34(27)28(36)33-13-12-29-24(35)17-33/h5-11,14-16,18,25-26H,12-13,17H2,1-4H3,(H,29,35)/t25-,26+/m1/s1. The number of aryl methyl sites for hydroxylation is 1. The first-order valence-corrected chi connectivity index (χ1v) is 12.7. The van der Waals surface area contributed by atoms with Crippen molar-refractivity contribution in [3.63, 3.8) is 0 Å². The minimum Gasteiger partial charge on any atom is -0.497 e. The van der Waals surface area contributed by atoms with E-state index in [1.807, 2.05) is 75.6 Å². The van der Waals surface area contributed by atoms with Crippen LogP contribution in [0.3, 0.4) is 0 Å². The van der Waals surface area contributed by atoms with E-state index in [0.29, 0.717) is 36.0 Å². The number of hydrogen-bond acceptors (Lipinski definition) is 6. The molecule has 0 radical (unpaired) electrons. The number of amidine groups is 1. The predicted molar refractivity (Wildman–Crippen MR) is 142 cm³/mol. The number of methoxy groups -OCH3 is 1. The lowest BCUT2D eigenvalue weighted by Gasteiger charge is -2.35. The molecule has 3 heterocycles. The minimum atomic E-state index is -0.479. The van der Waals surface area contributed by atoms with Crippen molar-refractivity contribution in [1.29, 1.82) is 0 Å². The maximum atomic E-state index is 14.3. The van der Waals surface area contributed by atoms with E-state index in [4.69, 9.17) is 14.5 Å². The molecule has 1 aromatic heterocycles. The Morgan fingerprint density at radius 1 is 1.13 bits per heavy atom. The molecule has 0 bridgehead atoms. The van der Waals surface area contributed by atoms with Crippen molar-refractivity contribution in [2.24, 2.45) is 12.0 Å². The van der Waals surface area contributed by atoms with Crippen molar-refractivity contribution in [2.45, 2.75) is 32.0 Å². The molecule has 3 amide bonds. The van der Waals surface area contributed by atoms with Gasteiger partial charge in [0, 0.05) is 38.0 Å². The van der Waals surface area contributed by atoms with Gasteiger partial charge in [0.25, 0.3) is 0 Å². The summed E-state index contributed by atoms with van der Waals surface area (Å²) in [6.07, 6.45) is 3.56. The fourth-order valence-corrected chi connectivity index (χ4v) is 4.90. The zero-order valence-electron chi connectivity index (χ0n) is 22.0. The molecule has 5 rings (SSSR count). The van der Waals surface area contributed by atoms with Crippen LogP contribution in [0.1, 0.15) is 42.6 Å². The molecule has 2 aliphatic rings. The van der Waals surface area contributed by atoms with Crippen LogP contribution in [0.25, 0.3) is 0 Å². The molecule has 2 aliphatic heterocycles. The van der Waals surface area contributed by atoms with E-state index < -0.39 is 12.1 Å². The lowest BCUT2D eigenvalue weighted by molar-refractivity contribution is -0.123. The summed E-state index contributed by atoms with van der Waals surface area (Å²) in [4.78, 5) is 34.9. The summed E-state index contributed by atoms with van der Waals surface area (Å²) in [7, 11) is 3.44. The number of nitrogens with zero attached hydrogens (tertiary/aromatic N) is 5. The summed E-state index contributed by atoms with van der Waals surface area (Å²) in [5, 5.41) is 7.19. The van der Waals surface area contributed by atoms with Crippen LogP contribution in [-0.4, -0.2) is 70.2 Å². The second kappa shape index (κ2) is 10.6. The number of carbonyl (C=O) groups is 2. The van der Waals surface area contributed by atoms with Crippen molar-refractivity contribution in [1.82, 2.24) is 24.9 Å². The van der Waals surface area contributed by atoms with Crippen molar-refractivity contribution in [2.75, 3.05) is 26.7 Å². The van der Waals surface area contributed by atoms with E-state index in [1.165, 1.54) is 0 Å². The second-order valence-corrected chi connectivity index (χ2v) is 9.65. The molecule has 1 N–H and O–H groups in total. The Kier molecular flexibility index (Phi) is 7.04. The van der Waals surface area contributed by atoms with Crippen molar-refractivity contribution < 1.29 is 19.1 Å². The van der Waals surface area contributed by atoms with Crippen molar-refractivity contribution >= 4 is 17.8 Å². The normalized spacial score (nSPS) is 19.4. The Labute approximate surface area is 221 Å². The molecule has 0 spiro atoms. The summed E-state index contributed by atoms with van der Waals surface area (Å²) >= 11 is 0. The van der Waals surface area contributed by atoms with E-state index in [-0.39, 0.29) is 24.6 Å². The van der Waals surface area contributed by atoms with E-state index in [9.17, 15) is 9.59 Å². The molecular weight excluding hydrogens is 484 g/mol. The first kappa shape index (κ1) is 25.3. The van der Waals surface area contributed by atoms with Gasteiger partial charge >= 0.3 is 6.03 Å². The summed E-state index contributed by atoms with van der Waals surface area (Å²) in [6.45, 7) is 4.67. The van der Waals surface area contributed by atoms with Crippen molar-refractivity contribution in [3.8, 4) is 11.5 Å². The van der Waals surface area contributed by atoms with Crippen LogP contribution >= 0.6 is 0 Å². The maximum Gasteiger partial charge on any atom is 0.326 e. The van der Waals surface area contributed by atoms with Gasteiger partial charge in [-0.1, -0.05) is 30.3 Å². The highest BCUT2D eigenvalue weighted by molar-refractivity contribution is 6.11. The predicted octanol–water partition coefficient (Wildman–Crippen LogP) is 3.31. The quantitative estimate of drug-likeness (QED) is 0.542. The number of ether oxygens (including phenoxy) is 2. The highest BCUT2D eigenvalue weighted by Crippen LogP contribution is 2.45. The molecule has 0 aliphatic carbocycles. The average Bonchev–Trinajstić information content (AvgIpc) is 3.52. The summed E-state index contributed by atoms with van der Waals surface area (Å²) < 4.78 is 13.4. The van der Waals surface area contributed by atoms with Crippen LogP contribution in [0.15, 0.2) is 65.9 Å². The number of rotatable bonds is 6. The molecule has 10 nitrogen and oxygen atoms in total. The number of aliphatic imine (C=N–C) groups is 1. The third kappa shape index (κ3) is 4.93. The number of aromatic nitrogens is 2. The fraction of sp³-hybridized carbons (Fsp3) is 0.357. The zero-order chi connectivity index (χ0) is 26.8. The van der Waals surface area contributed by atoms with Crippen LogP contribution in [-0.2, 0) is 11.8 Å². The zero-order valence-corrected chi connectivity index (χ0v) is 22.0. The number of amides is 3. The molecule has 2 atom stereocenters. The number of carbonyl (C=O) groups excluding carboxylic acids is 2. The summed E-state index contributed by atoms with van der Waals surface area (Å²) in [5.41, 5.74) is 2.47. The van der Waals surface area contributed by atoms with Gasteiger partial charge < -0.3 is 19.7 Å². The van der Waals surface area contributed by atoms with Crippen LogP contribution < -0.4 is 14.8 Å². The van der Waals surface area contributed by atoms with Gasteiger partial charge in [-0.25, -0.2) is 4.79 Å². The number of urea groups is 1. The van der Waals surface area contributed by atoms with Crippen LogP contribution in [0, 0.1) is 0 Å². The van der Waals surface area contributed by atoms with Gasteiger partial charge in [0.2, 0.25) is 5.91 Å². The number of hydrogen-bond donors (Lipinski definition) is 1. The van der Waals surface area contributed by atoms with Gasteiger partial charge in [0.05, 0.1) is 31.0 Å². The molecule has 0 saturated carbocycles. The van der Waals surface area contributed by atoms with E-state index in [0.717, 1.165) is 11.1 Å². The van der Waals surface area contributed by atoms with Crippen LogP contribution in [0.4, 0.5) is 4.79 Å². The highest BCUT2D eigenvalue weighted by atomic mass is 16.5. The largest absolute Gasteiger partial charge is 0.497 e. The lowest BCUT2D eigenvalue weighted by atomic mass is 9.95. The van der Waals surface area contributed by atoms with E-state index in [1.54, 1.807) is 27.8 Å². The molecule has 3 aromatic rings. The van der Waals surface area contributed by atoms with Gasteiger partial charge in [0.1, 0.15) is 29.9 Å². The molecule has 10 heteroatoms. The number of benzene rings is 2. The summed E-state index contributed by atoms with van der Waals surface area (Å²) in [6, 6.07) is 14.2. The summed E-state index contributed by atoms with van der Waals surface area (Å²) in [5.74, 6) is 1.48. The Bertz CT molecular complexity index is 1350. The Morgan fingerprint density at radius 2 is 1.92 bits per heavy atom. The molecule has 38 heavy (non-hydrogen) atoms. The highest BCUT2D eigenvalue weighted by Gasteiger charge is 2.45. The molecule has 0 unspecified atom stereocenters. The third-order valence-corrected chi connectivity index (χ3v) is 6.58. The van der Waals surface area contributed by atoms with E-state index in [2.05, 4.69) is 10.4 Å². The third-order valence-electron chi connectivity index (χ3n) is 6.58. The Morgan fingerprint density at radius 3 is 2.58 bits per heavy atom. The van der Waals surface area contributed by atoms with Crippen molar-refractivity contribution in [3.05, 3.63) is 77.6 Å². The minimum absolute atomic E-state index is 0.0175. The van der Waals surface area contributed by atoms with Crippen LogP contribution in [0.5, 0.6) is 11.5 Å². The SMILES string of the molecule is COc1ccc(C2=N[C@H](c3ccccc3)[C@H](c3cnn(C)c3)N2C(=O)N2CCNC(=O)C2)c(OC(C)C)c1. The topological polar surface area (TPSA) is 101 Å². The van der Waals surface area contributed by atoms with Gasteiger partial charge in [-0.3, -0.25) is 19.4 Å². The monoisotopic (exact) mass is 516 g/mol. The van der Waals surface area contributed by atoms with Crippen LogP contribution in [0.2, 0.25) is 0 Å². The average molecular weight is 517 g/mol. The first-order valence-electron chi connectivity index (χ1n) is 12.7. The molecule has 2 aromatic carbocycles.